The zero-order valence-electron chi connectivity index (χ0n) is 12.7. The molecule has 1 aromatic heterocycles. The Labute approximate surface area is 158 Å². The van der Waals surface area contributed by atoms with Crippen molar-refractivity contribution in [3.05, 3.63) is 30.6 Å². The van der Waals surface area contributed by atoms with Gasteiger partial charge in [0, 0.05) is 6.20 Å². The summed E-state index contributed by atoms with van der Waals surface area (Å²) in [7, 11) is -9.50. The number of aliphatic hydroxyl groups is 2. The molecule has 1 aliphatic heterocycles. The number of hydrogen-bond donors (Lipinski definition) is 6. The number of rotatable bonds is 6. The summed E-state index contributed by atoms with van der Waals surface area (Å²) < 4.78 is 33.1. The fourth-order valence-corrected chi connectivity index (χ4v) is 5.21. The van der Waals surface area contributed by atoms with Crippen molar-refractivity contribution < 1.29 is 43.3 Å². The molecule has 1 aliphatic rings. The van der Waals surface area contributed by atoms with Gasteiger partial charge in [-0.25, -0.2) is 4.79 Å². The van der Waals surface area contributed by atoms with Crippen LogP contribution in [-0.4, -0.2) is 65.3 Å². The summed E-state index contributed by atoms with van der Waals surface area (Å²) >= 11 is 1.64. The Morgan fingerprint density at radius 1 is 1.23 bits per heavy atom. The predicted octanol–water partition coefficient (Wildman–Crippen LogP) is -1.90. The first kappa shape index (κ1) is 21.9. The first-order valence-electron chi connectivity index (χ1n) is 6.84. The van der Waals surface area contributed by atoms with E-state index in [0.717, 1.165) is 10.8 Å². The topological polar surface area (TPSA) is 209 Å². The van der Waals surface area contributed by atoms with E-state index in [9.17, 15) is 33.8 Å². The number of aromatic amines is 1. The number of ether oxygens (including phenoxy) is 1. The maximum Gasteiger partial charge on any atom is 0.340 e. The number of halogens is 1. The van der Waals surface area contributed by atoms with Crippen LogP contribution in [0.5, 0.6) is 0 Å². The van der Waals surface area contributed by atoms with Crippen LogP contribution in [0.3, 0.4) is 0 Å². The van der Waals surface area contributed by atoms with Gasteiger partial charge < -0.3 is 34.2 Å². The minimum absolute atomic E-state index is 0.105. The number of aromatic nitrogens is 2. The van der Waals surface area contributed by atoms with Crippen LogP contribution in [-0.2, 0) is 18.4 Å². The van der Waals surface area contributed by atoms with Crippen molar-refractivity contribution in [2.75, 3.05) is 12.5 Å². The smallest absolute Gasteiger partial charge is 0.340 e. The molecule has 1 aromatic rings. The van der Waals surface area contributed by atoms with Crippen molar-refractivity contribution in [2.24, 2.45) is 0 Å². The van der Waals surface area contributed by atoms with Crippen LogP contribution in [0.4, 0.5) is 0 Å². The van der Waals surface area contributed by atoms with Crippen molar-refractivity contribution in [3.63, 3.8) is 0 Å². The highest BCUT2D eigenvalue weighted by Crippen LogP contribution is 2.55. The van der Waals surface area contributed by atoms with Crippen LogP contribution >= 0.6 is 37.8 Å². The highest BCUT2D eigenvalue weighted by molar-refractivity contribution is 14.1. The van der Waals surface area contributed by atoms with Crippen LogP contribution in [0.25, 0.3) is 0 Å². The lowest BCUT2D eigenvalue weighted by Gasteiger charge is -2.18. The van der Waals surface area contributed by atoms with Gasteiger partial charge in [-0.2, -0.15) is 0 Å². The fraction of sp³-hybridized carbons (Fsp3) is 0.600. The molecule has 0 aromatic carbocycles. The first-order chi connectivity index (χ1) is 11.8. The highest BCUT2D eigenvalue weighted by atomic mass is 127. The lowest BCUT2D eigenvalue weighted by Crippen LogP contribution is -2.38. The van der Waals surface area contributed by atoms with Gasteiger partial charge in [-0.3, -0.25) is 23.5 Å². The van der Waals surface area contributed by atoms with Gasteiger partial charge in [0.1, 0.15) is 18.3 Å². The number of H-pyrrole nitrogens is 1. The van der Waals surface area contributed by atoms with Gasteiger partial charge in [-0.1, -0.05) is 0 Å². The second-order valence-corrected chi connectivity index (χ2v) is 10.6. The number of hydrogen-bond acceptors (Lipinski definition) is 8. The normalized spacial score (nSPS) is 28.8. The van der Waals surface area contributed by atoms with Gasteiger partial charge in [0.2, 0.25) is 0 Å². The van der Waals surface area contributed by atoms with E-state index < -0.39 is 63.5 Å². The molecule has 16 heteroatoms. The number of aliphatic hydroxyl groups excluding tert-OH is 2. The molecule has 0 radical (unpaired) electrons. The zero-order valence-corrected chi connectivity index (χ0v) is 16.7. The maximum atomic E-state index is 11.8. The number of nitrogens with zero attached hydrogens (tertiary/aromatic N) is 1. The molecule has 6 N–H and O–H groups in total. The lowest BCUT2D eigenvalue weighted by molar-refractivity contribution is -0.0525. The van der Waals surface area contributed by atoms with Crippen LogP contribution in [0.1, 0.15) is 6.23 Å². The molecule has 1 unspecified atom stereocenters. The molecule has 0 aliphatic carbocycles. The van der Waals surface area contributed by atoms with Crippen LogP contribution in [0.15, 0.2) is 15.8 Å². The van der Waals surface area contributed by atoms with Crippen molar-refractivity contribution >= 4 is 37.8 Å². The summed E-state index contributed by atoms with van der Waals surface area (Å²) in [6, 6.07) is 0. The molecule has 2 rings (SSSR count). The third kappa shape index (κ3) is 5.32. The van der Waals surface area contributed by atoms with Crippen molar-refractivity contribution in [2.45, 2.75) is 24.5 Å². The lowest BCUT2D eigenvalue weighted by atomic mass is 10.1. The van der Waals surface area contributed by atoms with E-state index in [4.69, 9.17) is 14.5 Å². The summed E-state index contributed by atoms with van der Waals surface area (Å²) in [6.07, 6.45) is -4.97. The Balaban J connectivity index is 2.14. The Bertz CT molecular complexity index is 878. The monoisotopic (exact) mass is 528 g/mol. The third-order valence-corrected chi connectivity index (χ3v) is 7.56. The Hall–Kier alpha value is -0.410. The standard InChI is InChI=1S/C10H15IN2O11P2/c11-4-1-13(10(17)12-8(4)16)9-7(15)6(14)5(24-9)2-23-26(21,22)3-25(18,19)20/h1,5-7,9,14-15H,2-3H2,(H,21,22)(H,12,16,17)(H2,18,19,20)/t5-,6-,7-,9-/m1/s1. The molecule has 2 heterocycles. The first-order valence-corrected chi connectivity index (χ1v) is 11.5. The predicted molar refractivity (Wildman–Crippen MR) is 92.7 cm³/mol. The van der Waals surface area contributed by atoms with Gasteiger partial charge in [0.05, 0.1) is 10.2 Å². The molecular formula is C10H15IN2O11P2. The van der Waals surface area contributed by atoms with Crippen LogP contribution in [0.2, 0.25) is 0 Å². The quantitative estimate of drug-likeness (QED) is 0.178. The molecule has 0 spiro atoms. The Morgan fingerprint density at radius 2 is 1.85 bits per heavy atom. The molecule has 1 fully saturated rings. The van der Waals surface area contributed by atoms with E-state index in [-0.39, 0.29) is 3.57 Å². The Kier molecular flexibility index (Phi) is 6.66. The van der Waals surface area contributed by atoms with E-state index in [1.165, 1.54) is 0 Å². The average molecular weight is 528 g/mol. The van der Waals surface area contributed by atoms with E-state index in [1.807, 2.05) is 4.98 Å². The molecule has 26 heavy (non-hydrogen) atoms. The Morgan fingerprint density at radius 3 is 2.42 bits per heavy atom. The molecule has 1 saturated heterocycles. The van der Waals surface area contributed by atoms with Crippen molar-refractivity contribution in [1.82, 2.24) is 9.55 Å². The van der Waals surface area contributed by atoms with Crippen LogP contribution in [0, 0.1) is 3.57 Å². The molecular weight excluding hydrogens is 513 g/mol. The van der Waals surface area contributed by atoms with Gasteiger partial charge in [0.15, 0.2) is 12.1 Å². The summed E-state index contributed by atoms with van der Waals surface area (Å²) in [5.74, 6) is -1.42. The second-order valence-electron chi connectivity index (χ2n) is 5.43. The third-order valence-electron chi connectivity index (χ3n) is 3.34. The second kappa shape index (κ2) is 7.91. The van der Waals surface area contributed by atoms with Gasteiger partial charge >= 0.3 is 20.9 Å². The largest absolute Gasteiger partial charge is 0.387 e. The minimum Gasteiger partial charge on any atom is -0.387 e. The summed E-state index contributed by atoms with van der Waals surface area (Å²) in [5.41, 5.74) is -1.57. The molecule has 0 saturated carbocycles. The van der Waals surface area contributed by atoms with Gasteiger partial charge in [-0.15, -0.1) is 0 Å². The van der Waals surface area contributed by atoms with Crippen molar-refractivity contribution in [3.8, 4) is 0 Å². The van der Waals surface area contributed by atoms with Gasteiger partial charge in [0.25, 0.3) is 5.56 Å². The zero-order chi connectivity index (χ0) is 19.9. The summed E-state index contributed by atoms with van der Waals surface area (Å²) in [4.78, 5) is 52.0. The summed E-state index contributed by atoms with van der Waals surface area (Å²) in [6.45, 7) is -0.780. The molecule has 0 amide bonds. The van der Waals surface area contributed by atoms with Crippen molar-refractivity contribution in [1.29, 1.82) is 0 Å². The SMILES string of the molecule is O=c1[nH]c(=O)n([C@@H]2O[C@H](COP(=O)(O)CP(=O)(O)O)[C@@H](O)[C@H]2O)cc1I. The average Bonchev–Trinajstić information content (AvgIpc) is 2.75. The molecule has 13 nitrogen and oxygen atoms in total. The minimum atomic E-state index is -4.82. The van der Waals surface area contributed by atoms with Crippen LogP contribution < -0.4 is 11.2 Å². The van der Waals surface area contributed by atoms with E-state index in [1.54, 1.807) is 22.6 Å². The maximum absolute atomic E-state index is 11.8. The molecule has 5 atom stereocenters. The molecule has 0 bridgehead atoms. The van der Waals surface area contributed by atoms with E-state index >= 15 is 0 Å². The summed E-state index contributed by atoms with van der Waals surface area (Å²) in [5, 5.41) is 20.0. The molecule has 148 valence electrons. The fourth-order valence-electron chi connectivity index (χ4n) is 2.21. The van der Waals surface area contributed by atoms with E-state index in [0.29, 0.717) is 0 Å². The highest BCUT2D eigenvalue weighted by Gasteiger charge is 2.45. The van der Waals surface area contributed by atoms with E-state index in [2.05, 4.69) is 4.52 Å². The number of nitrogens with one attached hydrogen (secondary N) is 1. The van der Waals surface area contributed by atoms with Gasteiger partial charge in [-0.05, 0) is 22.6 Å².